The third kappa shape index (κ3) is 3.18. The van der Waals surface area contributed by atoms with E-state index in [1.54, 1.807) is 34.9 Å². The predicted molar refractivity (Wildman–Crippen MR) is 103 cm³/mol. The number of fused-ring (bicyclic) bond motifs is 2. The molecule has 0 saturated heterocycles. The van der Waals surface area contributed by atoms with Crippen molar-refractivity contribution in [1.82, 2.24) is 5.32 Å². The van der Waals surface area contributed by atoms with Gasteiger partial charge in [-0.25, -0.2) is 9.18 Å². The Labute approximate surface area is 155 Å². The summed E-state index contributed by atoms with van der Waals surface area (Å²) >= 11 is 1.66. The van der Waals surface area contributed by atoms with Gasteiger partial charge < -0.3 is 5.32 Å². The van der Waals surface area contributed by atoms with Crippen LogP contribution >= 0.6 is 11.8 Å². The van der Waals surface area contributed by atoms with Gasteiger partial charge in [0.05, 0.1) is 11.4 Å². The van der Waals surface area contributed by atoms with Gasteiger partial charge in [0.15, 0.2) is 0 Å². The number of amides is 2. The van der Waals surface area contributed by atoms with E-state index < -0.39 is 0 Å². The average molecular weight is 364 g/mol. The predicted octanol–water partition coefficient (Wildman–Crippen LogP) is 5.38. The Balaban J connectivity index is 1.55. The first-order chi connectivity index (χ1) is 12.7. The molecule has 4 rings (SSSR count). The number of hydrogen-bond acceptors (Lipinski definition) is 2. The second-order valence-electron chi connectivity index (χ2n) is 5.95. The zero-order valence-electron chi connectivity index (χ0n) is 14.0. The summed E-state index contributed by atoms with van der Waals surface area (Å²) in [5.74, 6) is -0.244. The number of benzene rings is 3. The number of nitrogens with zero attached hydrogens (tertiary/aromatic N) is 1. The van der Waals surface area contributed by atoms with Crippen LogP contribution in [0.3, 0.4) is 0 Å². The maximum atomic E-state index is 13.7. The van der Waals surface area contributed by atoms with E-state index in [-0.39, 0.29) is 11.8 Å². The van der Waals surface area contributed by atoms with Crippen LogP contribution in [-0.2, 0) is 6.42 Å². The standard InChI is InChI=1S/C21H17FN2OS/c22-16-8-2-1-7-15(16)13-14-23-21(25)24-17-9-3-5-11-19(17)26-20-12-6-4-10-18(20)24/h1-12H,13-14H2,(H,23,25). The molecule has 130 valence electrons. The van der Waals surface area contributed by atoms with Crippen LogP contribution in [0, 0.1) is 5.82 Å². The van der Waals surface area contributed by atoms with Gasteiger partial charge in [0, 0.05) is 16.3 Å². The van der Waals surface area contributed by atoms with Crippen LogP contribution in [0.15, 0.2) is 82.6 Å². The Bertz CT molecular complexity index is 915. The van der Waals surface area contributed by atoms with Crippen molar-refractivity contribution >= 4 is 29.2 Å². The minimum Gasteiger partial charge on any atom is -0.337 e. The number of nitrogens with one attached hydrogen (secondary N) is 1. The van der Waals surface area contributed by atoms with E-state index in [2.05, 4.69) is 5.32 Å². The molecule has 0 aliphatic carbocycles. The molecule has 0 spiro atoms. The summed E-state index contributed by atoms with van der Waals surface area (Å²) < 4.78 is 13.7. The monoisotopic (exact) mass is 364 g/mol. The first kappa shape index (κ1) is 16.7. The van der Waals surface area contributed by atoms with Gasteiger partial charge in [0.25, 0.3) is 0 Å². The molecule has 0 saturated carbocycles. The van der Waals surface area contributed by atoms with Crippen LogP contribution in [-0.4, -0.2) is 12.6 Å². The minimum atomic E-state index is -0.244. The highest BCUT2D eigenvalue weighted by Crippen LogP contribution is 2.47. The Morgan fingerprint density at radius 1 is 0.885 bits per heavy atom. The molecule has 0 unspecified atom stereocenters. The molecule has 1 N–H and O–H groups in total. The van der Waals surface area contributed by atoms with Gasteiger partial charge >= 0.3 is 6.03 Å². The second kappa shape index (κ2) is 7.22. The molecule has 5 heteroatoms. The van der Waals surface area contributed by atoms with Crippen molar-refractivity contribution in [1.29, 1.82) is 0 Å². The average Bonchev–Trinajstić information content (AvgIpc) is 2.67. The largest absolute Gasteiger partial charge is 0.337 e. The Hall–Kier alpha value is -2.79. The van der Waals surface area contributed by atoms with Gasteiger partial charge in [0.2, 0.25) is 0 Å². The molecule has 1 aliphatic rings. The molecule has 0 bridgehead atoms. The first-order valence-corrected chi connectivity index (χ1v) is 9.23. The third-order valence-electron chi connectivity index (χ3n) is 4.26. The van der Waals surface area contributed by atoms with Crippen molar-refractivity contribution in [2.45, 2.75) is 16.2 Å². The maximum absolute atomic E-state index is 13.7. The summed E-state index contributed by atoms with van der Waals surface area (Å²) in [5.41, 5.74) is 2.32. The number of carbonyl (C=O) groups is 1. The molecule has 0 atom stereocenters. The lowest BCUT2D eigenvalue weighted by Crippen LogP contribution is -2.39. The van der Waals surface area contributed by atoms with Gasteiger partial charge in [-0.15, -0.1) is 0 Å². The summed E-state index contributed by atoms with van der Waals surface area (Å²) in [5, 5.41) is 2.92. The normalized spacial score (nSPS) is 12.3. The molecule has 1 heterocycles. The highest BCUT2D eigenvalue weighted by molar-refractivity contribution is 7.99. The molecule has 1 aliphatic heterocycles. The molecular weight excluding hydrogens is 347 g/mol. The lowest BCUT2D eigenvalue weighted by molar-refractivity contribution is 0.248. The smallest absolute Gasteiger partial charge is 0.326 e. The highest BCUT2D eigenvalue weighted by atomic mass is 32.2. The number of anilines is 2. The van der Waals surface area contributed by atoms with Crippen LogP contribution in [0.4, 0.5) is 20.6 Å². The number of hydrogen-bond donors (Lipinski definition) is 1. The van der Waals surface area contributed by atoms with E-state index >= 15 is 0 Å². The van der Waals surface area contributed by atoms with Crippen molar-refractivity contribution in [3.63, 3.8) is 0 Å². The lowest BCUT2D eigenvalue weighted by atomic mass is 10.1. The van der Waals surface area contributed by atoms with Crippen LogP contribution in [0.2, 0.25) is 0 Å². The van der Waals surface area contributed by atoms with Crippen LogP contribution in [0.1, 0.15) is 5.56 Å². The van der Waals surface area contributed by atoms with Gasteiger partial charge in [0.1, 0.15) is 5.82 Å². The quantitative estimate of drug-likeness (QED) is 0.677. The zero-order chi connectivity index (χ0) is 17.9. The fourth-order valence-electron chi connectivity index (χ4n) is 3.01. The number of rotatable bonds is 3. The topological polar surface area (TPSA) is 32.3 Å². The molecule has 2 amide bonds. The number of carbonyl (C=O) groups excluding carboxylic acids is 1. The van der Waals surface area contributed by atoms with Gasteiger partial charge in [-0.1, -0.05) is 54.2 Å². The van der Waals surface area contributed by atoms with E-state index in [9.17, 15) is 9.18 Å². The van der Waals surface area contributed by atoms with E-state index in [0.29, 0.717) is 18.5 Å². The molecule has 0 aromatic heterocycles. The maximum Gasteiger partial charge on any atom is 0.326 e. The number of urea groups is 1. The molecule has 3 aromatic carbocycles. The van der Waals surface area contributed by atoms with Crippen molar-refractivity contribution < 1.29 is 9.18 Å². The summed E-state index contributed by atoms with van der Waals surface area (Å²) in [6.45, 7) is 0.369. The van der Waals surface area contributed by atoms with Crippen LogP contribution in [0.5, 0.6) is 0 Å². The second-order valence-corrected chi connectivity index (χ2v) is 7.03. The summed E-state index contributed by atoms with van der Waals surface area (Å²) in [4.78, 5) is 16.7. The van der Waals surface area contributed by atoms with Crippen molar-refractivity contribution in [3.8, 4) is 0 Å². The van der Waals surface area contributed by atoms with Gasteiger partial charge in [-0.3, -0.25) is 4.90 Å². The van der Waals surface area contributed by atoms with Crippen molar-refractivity contribution in [2.24, 2.45) is 0 Å². The summed E-state index contributed by atoms with van der Waals surface area (Å²) in [6, 6.07) is 22.1. The van der Waals surface area contributed by atoms with E-state index in [0.717, 1.165) is 21.2 Å². The van der Waals surface area contributed by atoms with Gasteiger partial charge in [-0.05, 0) is 42.3 Å². The van der Waals surface area contributed by atoms with E-state index in [4.69, 9.17) is 0 Å². The number of para-hydroxylation sites is 2. The van der Waals surface area contributed by atoms with Gasteiger partial charge in [-0.2, -0.15) is 0 Å². The molecule has 0 fully saturated rings. The van der Waals surface area contributed by atoms with E-state index in [1.807, 2.05) is 48.5 Å². The van der Waals surface area contributed by atoms with Crippen molar-refractivity contribution in [3.05, 3.63) is 84.2 Å². The van der Waals surface area contributed by atoms with Crippen LogP contribution in [0.25, 0.3) is 0 Å². The SMILES string of the molecule is O=C(NCCc1ccccc1F)N1c2ccccc2Sc2ccccc21. The molecule has 3 aromatic rings. The minimum absolute atomic E-state index is 0.207. The fraction of sp³-hybridized carbons (Fsp3) is 0.0952. The highest BCUT2D eigenvalue weighted by Gasteiger charge is 2.27. The summed E-state index contributed by atoms with van der Waals surface area (Å²) in [7, 11) is 0. The summed E-state index contributed by atoms with van der Waals surface area (Å²) in [6.07, 6.45) is 0.449. The van der Waals surface area contributed by atoms with Crippen LogP contribution < -0.4 is 10.2 Å². The van der Waals surface area contributed by atoms with E-state index in [1.165, 1.54) is 6.07 Å². The molecular formula is C21H17FN2OS. The third-order valence-corrected chi connectivity index (χ3v) is 5.39. The Morgan fingerprint density at radius 2 is 1.46 bits per heavy atom. The Kier molecular flexibility index (Phi) is 4.63. The molecule has 26 heavy (non-hydrogen) atoms. The molecule has 0 radical (unpaired) electrons. The van der Waals surface area contributed by atoms with Crippen molar-refractivity contribution in [2.75, 3.05) is 11.4 Å². The number of halogens is 1. The molecule has 3 nitrogen and oxygen atoms in total. The first-order valence-electron chi connectivity index (χ1n) is 8.41. The fourth-order valence-corrected chi connectivity index (χ4v) is 4.07. The lowest BCUT2D eigenvalue weighted by Gasteiger charge is -2.31. The zero-order valence-corrected chi connectivity index (χ0v) is 14.8. The Morgan fingerprint density at radius 3 is 2.12 bits per heavy atom.